The molecule has 0 radical (unpaired) electrons. The molecule has 2 rings (SSSR count). The average molecular weight is 307 g/mol. The summed E-state index contributed by atoms with van der Waals surface area (Å²) in [4.78, 5) is 11.1. The van der Waals surface area contributed by atoms with Crippen LogP contribution in [0.5, 0.6) is 11.5 Å². The summed E-state index contributed by atoms with van der Waals surface area (Å²) in [5, 5.41) is 9.60. The molecule has 0 heterocycles. The Morgan fingerprint density at radius 1 is 1.24 bits per heavy atom. The third-order valence-electron chi connectivity index (χ3n) is 2.96. The maximum atomic E-state index is 11.1. The number of benzene rings is 2. The van der Waals surface area contributed by atoms with Gasteiger partial charge in [-0.3, -0.25) is 0 Å². The fourth-order valence-corrected chi connectivity index (χ4v) is 2.09. The van der Waals surface area contributed by atoms with Crippen molar-refractivity contribution in [2.24, 2.45) is 0 Å². The van der Waals surface area contributed by atoms with Gasteiger partial charge in [-0.25, -0.2) is 4.79 Å². The monoisotopic (exact) mass is 306 g/mol. The number of rotatable bonds is 6. The lowest BCUT2D eigenvalue weighted by Crippen LogP contribution is -2.25. The van der Waals surface area contributed by atoms with Gasteiger partial charge in [0.2, 0.25) is 0 Å². The normalized spacial score (nSPS) is 11.9. The minimum Gasteiger partial charge on any atom is -0.479 e. The Morgan fingerprint density at radius 2 is 1.95 bits per heavy atom. The Bertz CT molecular complexity index is 613. The molecular weight excluding hydrogens is 292 g/mol. The van der Waals surface area contributed by atoms with Gasteiger partial charge in [0.25, 0.3) is 0 Å². The minimum atomic E-state index is -1.02. The molecule has 2 aromatic rings. The van der Waals surface area contributed by atoms with E-state index in [9.17, 15) is 4.79 Å². The van der Waals surface area contributed by atoms with Crippen molar-refractivity contribution in [3.63, 3.8) is 0 Å². The maximum Gasteiger partial charge on any atom is 0.333 e. The third-order valence-corrected chi connectivity index (χ3v) is 3.19. The minimum absolute atomic E-state index is 0.175. The summed E-state index contributed by atoms with van der Waals surface area (Å²) < 4.78 is 10.7. The van der Waals surface area contributed by atoms with Crippen molar-refractivity contribution in [1.82, 2.24) is 0 Å². The van der Waals surface area contributed by atoms with E-state index < -0.39 is 12.1 Å². The SMILES string of the molecule is CO[C@H](Cc1cc(Cl)ccc1Oc1ccccc1)C(=O)O. The Labute approximate surface area is 127 Å². The number of aliphatic carboxylic acids is 1. The predicted molar refractivity (Wildman–Crippen MR) is 80.1 cm³/mol. The van der Waals surface area contributed by atoms with E-state index in [1.807, 2.05) is 30.3 Å². The summed E-state index contributed by atoms with van der Waals surface area (Å²) in [6.07, 6.45) is -0.768. The van der Waals surface area contributed by atoms with Gasteiger partial charge in [0.1, 0.15) is 11.5 Å². The van der Waals surface area contributed by atoms with Crippen molar-refractivity contribution < 1.29 is 19.4 Å². The highest BCUT2D eigenvalue weighted by Gasteiger charge is 2.19. The lowest BCUT2D eigenvalue weighted by Gasteiger charge is -2.15. The van der Waals surface area contributed by atoms with Gasteiger partial charge in [0.05, 0.1) is 0 Å². The van der Waals surface area contributed by atoms with Crippen LogP contribution in [0.2, 0.25) is 5.02 Å². The van der Waals surface area contributed by atoms with Crippen molar-refractivity contribution in [2.75, 3.05) is 7.11 Å². The number of ether oxygens (including phenoxy) is 2. The lowest BCUT2D eigenvalue weighted by atomic mass is 10.1. The van der Waals surface area contributed by atoms with Crippen molar-refractivity contribution in [3.8, 4) is 11.5 Å². The van der Waals surface area contributed by atoms with Crippen LogP contribution in [0, 0.1) is 0 Å². The van der Waals surface area contributed by atoms with Crippen LogP contribution in [0.3, 0.4) is 0 Å². The Kier molecular flexibility index (Phi) is 5.20. The first-order valence-electron chi connectivity index (χ1n) is 6.37. The second-order valence-corrected chi connectivity index (χ2v) is 4.87. The highest BCUT2D eigenvalue weighted by molar-refractivity contribution is 6.30. The van der Waals surface area contributed by atoms with Gasteiger partial charge in [-0.1, -0.05) is 29.8 Å². The van der Waals surface area contributed by atoms with Crippen molar-refractivity contribution >= 4 is 17.6 Å². The smallest absolute Gasteiger partial charge is 0.333 e. The molecule has 0 bridgehead atoms. The van der Waals surface area contributed by atoms with E-state index in [4.69, 9.17) is 26.2 Å². The van der Waals surface area contributed by atoms with E-state index >= 15 is 0 Å². The number of carboxylic acid groups (broad SMARTS) is 1. The molecule has 0 aliphatic carbocycles. The zero-order chi connectivity index (χ0) is 15.2. The molecule has 0 unspecified atom stereocenters. The largest absolute Gasteiger partial charge is 0.479 e. The molecule has 0 saturated carbocycles. The van der Waals surface area contributed by atoms with E-state index in [0.29, 0.717) is 22.1 Å². The van der Waals surface area contributed by atoms with Gasteiger partial charge in [-0.2, -0.15) is 0 Å². The molecule has 110 valence electrons. The van der Waals surface area contributed by atoms with Crippen LogP contribution in [0.1, 0.15) is 5.56 Å². The van der Waals surface area contributed by atoms with Gasteiger partial charge in [0.15, 0.2) is 6.10 Å². The lowest BCUT2D eigenvalue weighted by molar-refractivity contribution is -0.148. The van der Waals surface area contributed by atoms with Crippen LogP contribution in [0.25, 0.3) is 0 Å². The van der Waals surface area contributed by atoms with Gasteiger partial charge < -0.3 is 14.6 Å². The second-order valence-electron chi connectivity index (χ2n) is 4.43. The number of para-hydroxylation sites is 1. The first-order valence-corrected chi connectivity index (χ1v) is 6.75. The van der Waals surface area contributed by atoms with Gasteiger partial charge in [-0.15, -0.1) is 0 Å². The van der Waals surface area contributed by atoms with E-state index in [2.05, 4.69) is 0 Å². The predicted octanol–water partition coefficient (Wildman–Crippen LogP) is 3.77. The summed E-state index contributed by atoms with van der Waals surface area (Å²) in [7, 11) is 1.36. The first-order chi connectivity index (χ1) is 10.1. The summed E-state index contributed by atoms with van der Waals surface area (Å²) in [5.74, 6) is 0.211. The van der Waals surface area contributed by atoms with Crippen molar-refractivity contribution in [3.05, 3.63) is 59.1 Å². The van der Waals surface area contributed by atoms with E-state index in [1.165, 1.54) is 7.11 Å². The molecule has 0 amide bonds. The molecule has 0 fully saturated rings. The van der Waals surface area contributed by atoms with Crippen molar-refractivity contribution in [1.29, 1.82) is 0 Å². The molecule has 0 aromatic heterocycles. The van der Waals surface area contributed by atoms with E-state index in [0.717, 1.165) is 0 Å². The van der Waals surface area contributed by atoms with E-state index in [-0.39, 0.29) is 6.42 Å². The topological polar surface area (TPSA) is 55.8 Å². The molecule has 1 N–H and O–H groups in total. The molecule has 21 heavy (non-hydrogen) atoms. The van der Waals surface area contributed by atoms with Crippen LogP contribution >= 0.6 is 11.6 Å². The maximum absolute atomic E-state index is 11.1. The summed E-state index contributed by atoms with van der Waals surface area (Å²) in [6.45, 7) is 0. The number of hydrogen-bond donors (Lipinski definition) is 1. The summed E-state index contributed by atoms with van der Waals surface area (Å²) in [5.41, 5.74) is 0.681. The zero-order valence-corrected chi connectivity index (χ0v) is 12.2. The van der Waals surface area contributed by atoms with Crippen LogP contribution < -0.4 is 4.74 Å². The molecule has 0 spiro atoms. The van der Waals surface area contributed by atoms with Crippen LogP contribution in [0.15, 0.2) is 48.5 Å². The molecule has 5 heteroatoms. The number of hydrogen-bond acceptors (Lipinski definition) is 3. The highest BCUT2D eigenvalue weighted by atomic mass is 35.5. The fraction of sp³-hybridized carbons (Fsp3) is 0.188. The average Bonchev–Trinajstić information content (AvgIpc) is 2.48. The Morgan fingerprint density at radius 3 is 2.57 bits per heavy atom. The van der Waals surface area contributed by atoms with Crippen LogP contribution in [-0.4, -0.2) is 24.3 Å². The highest BCUT2D eigenvalue weighted by Crippen LogP contribution is 2.29. The Balaban J connectivity index is 2.27. The Hall–Kier alpha value is -2.04. The number of halogens is 1. The third kappa shape index (κ3) is 4.21. The number of carbonyl (C=O) groups is 1. The van der Waals surface area contributed by atoms with Crippen LogP contribution in [0.4, 0.5) is 0 Å². The number of carboxylic acids is 1. The first kappa shape index (κ1) is 15.4. The summed E-state index contributed by atoms with van der Waals surface area (Å²) in [6, 6.07) is 14.4. The molecule has 4 nitrogen and oxygen atoms in total. The van der Waals surface area contributed by atoms with Crippen molar-refractivity contribution in [2.45, 2.75) is 12.5 Å². The standard InChI is InChI=1S/C16H15ClO4/c1-20-15(16(18)19)10-11-9-12(17)7-8-14(11)21-13-5-3-2-4-6-13/h2-9,15H,10H2,1H3,(H,18,19)/t15-/m1/s1. The number of methoxy groups -OCH3 is 1. The quantitative estimate of drug-likeness (QED) is 0.882. The molecule has 1 atom stereocenters. The zero-order valence-electron chi connectivity index (χ0n) is 11.5. The van der Waals surface area contributed by atoms with E-state index in [1.54, 1.807) is 18.2 Å². The van der Waals surface area contributed by atoms with Gasteiger partial charge in [0, 0.05) is 18.6 Å². The molecule has 2 aromatic carbocycles. The van der Waals surface area contributed by atoms with Gasteiger partial charge >= 0.3 is 5.97 Å². The molecule has 0 saturated heterocycles. The summed E-state index contributed by atoms with van der Waals surface area (Å²) >= 11 is 5.98. The molecular formula is C16H15ClO4. The molecule has 0 aliphatic heterocycles. The molecule has 0 aliphatic rings. The second kappa shape index (κ2) is 7.11. The van der Waals surface area contributed by atoms with Gasteiger partial charge in [-0.05, 0) is 35.9 Å². The fourth-order valence-electron chi connectivity index (χ4n) is 1.89. The van der Waals surface area contributed by atoms with Crippen LogP contribution in [-0.2, 0) is 16.0 Å².